The molecule has 96 valence electrons. The third-order valence-corrected chi connectivity index (χ3v) is 4.86. The lowest BCUT2D eigenvalue weighted by Gasteiger charge is -2.43. The topological polar surface area (TPSA) is 12.0 Å². The minimum Gasteiger partial charge on any atom is -0.355 e. The Balaban J connectivity index is 1.98. The van der Waals surface area contributed by atoms with Crippen LogP contribution < -0.4 is 5.32 Å². The quantitative estimate of drug-likeness (QED) is 0.693. The van der Waals surface area contributed by atoms with Crippen LogP contribution in [0, 0.1) is 0 Å². The molecule has 0 aromatic heterocycles. The van der Waals surface area contributed by atoms with Gasteiger partial charge in [0, 0.05) is 16.8 Å². The van der Waals surface area contributed by atoms with Crippen molar-refractivity contribution in [2.24, 2.45) is 0 Å². The van der Waals surface area contributed by atoms with Gasteiger partial charge in [-0.2, -0.15) is 0 Å². The smallest absolute Gasteiger partial charge is 0.0426 e. The van der Waals surface area contributed by atoms with Gasteiger partial charge in [-0.05, 0) is 36.1 Å². The average Bonchev–Trinajstić information content (AvgIpc) is 2.49. The number of para-hydroxylation sites is 2. The fraction of sp³-hybridized carbons (Fsp3) is 0.333. The molecule has 0 unspecified atom stereocenters. The third kappa shape index (κ3) is 1.54. The number of hydrogen-bond acceptors (Lipinski definition) is 1. The van der Waals surface area contributed by atoms with Crippen molar-refractivity contribution >= 4 is 11.4 Å². The van der Waals surface area contributed by atoms with Crippen LogP contribution in [0.2, 0.25) is 0 Å². The first-order chi connectivity index (χ1) is 9.40. The van der Waals surface area contributed by atoms with Gasteiger partial charge in [0.2, 0.25) is 0 Å². The number of hydrogen-bond donors (Lipinski definition) is 1. The van der Waals surface area contributed by atoms with Gasteiger partial charge in [-0.25, -0.2) is 0 Å². The molecule has 1 saturated carbocycles. The van der Waals surface area contributed by atoms with Gasteiger partial charge in [-0.15, -0.1) is 0 Å². The van der Waals surface area contributed by atoms with Crippen LogP contribution in [0.15, 0.2) is 48.5 Å². The molecule has 19 heavy (non-hydrogen) atoms. The lowest BCUT2D eigenvalue weighted by molar-refractivity contribution is 0.346. The van der Waals surface area contributed by atoms with E-state index in [1.165, 1.54) is 54.6 Å². The fourth-order valence-electron chi connectivity index (χ4n) is 4.00. The average molecular weight is 249 g/mol. The van der Waals surface area contributed by atoms with Crippen LogP contribution in [0.25, 0.3) is 0 Å². The molecule has 2 aliphatic rings. The van der Waals surface area contributed by atoms with Crippen LogP contribution in [0.4, 0.5) is 11.4 Å². The van der Waals surface area contributed by atoms with Crippen molar-refractivity contribution in [3.8, 4) is 0 Å². The van der Waals surface area contributed by atoms with Crippen LogP contribution in [0.5, 0.6) is 0 Å². The van der Waals surface area contributed by atoms with Crippen molar-refractivity contribution in [1.82, 2.24) is 0 Å². The number of nitrogens with one attached hydrogen (secondary N) is 1. The van der Waals surface area contributed by atoms with E-state index in [9.17, 15) is 0 Å². The molecule has 2 aromatic carbocycles. The van der Waals surface area contributed by atoms with Crippen molar-refractivity contribution in [3.05, 3.63) is 59.7 Å². The SMILES string of the molecule is c1ccc2c(c1)Nc1ccccc1C21CCCCC1. The molecule has 0 bridgehead atoms. The zero-order chi connectivity index (χ0) is 12.7. The van der Waals surface area contributed by atoms with Crippen LogP contribution in [0.1, 0.15) is 43.2 Å². The molecular formula is C18H19N. The Kier molecular flexibility index (Phi) is 2.41. The lowest BCUT2D eigenvalue weighted by atomic mass is 9.63. The largest absolute Gasteiger partial charge is 0.355 e. The zero-order valence-electron chi connectivity index (χ0n) is 11.2. The molecule has 1 heteroatoms. The highest BCUT2D eigenvalue weighted by Gasteiger charge is 2.41. The van der Waals surface area contributed by atoms with Crippen LogP contribution in [-0.4, -0.2) is 0 Å². The maximum atomic E-state index is 3.61. The van der Waals surface area contributed by atoms with Gasteiger partial charge in [-0.1, -0.05) is 55.7 Å². The molecule has 1 aliphatic heterocycles. The van der Waals surface area contributed by atoms with Gasteiger partial charge in [0.05, 0.1) is 0 Å². The number of rotatable bonds is 0. The second kappa shape index (κ2) is 4.12. The van der Waals surface area contributed by atoms with Crippen molar-refractivity contribution in [3.63, 3.8) is 0 Å². The van der Waals surface area contributed by atoms with E-state index in [2.05, 4.69) is 53.8 Å². The van der Waals surface area contributed by atoms with E-state index in [0.717, 1.165) is 0 Å². The van der Waals surface area contributed by atoms with E-state index < -0.39 is 0 Å². The summed E-state index contributed by atoms with van der Waals surface area (Å²) < 4.78 is 0. The standard InChI is InChI=1S/C18H19N/c1-6-12-18(13-7-1)14-8-2-4-10-16(14)19-17-11-5-3-9-15(17)18/h2-5,8-11,19H,1,6-7,12-13H2. The first-order valence-electron chi connectivity index (χ1n) is 7.36. The summed E-state index contributed by atoms with van der Waals surface area (Å²) in [4.78, 5) is 0. The Morgan fingerprint density at radius 2 is 1.21 bits per heavy atom. The van der Waals surface area contributed by atoms with Gasteiger partial charge >= 0.3 is 0 Å². The van der Waals surface area contributed by atoms with Gasteiger partial charge < -0.3 is 5.32 Å². The Labute approximate surface area is 114 Å². The Morgan fingerprint density at radius 3 is 1.79 bits per heavy atom. The molecule has 0 amide bonds. The first kappa shape index (κ1) is 11.1. The van der Waals surface area contributed by atoms with E-state index in [4.69, 9.17) is 0 Å². The first-order valence-corrected chi connectivity index (χ1v) is 7.36. The van der Waals surface area contributed by atoms with Crippen molar-refractivity contribution in [1.29, 1.82) is 0 Å². The summed E-state index contributed by atoms with van der Waals surface area (Å²) in [5.74, 6) is 0. The molecule has 1 heterocycles. The van der Waals surface area contributed by atoms with Crippen LogP contribution >= 0.6 is 0 Å². The van der Waals surface area contributed by atoms with E-state index in [1.54, 1.807) is 0 Å². The van der Waals surface area contributed by atoms with E-state index in [-0.39, 0.29) is 5.41 Å². The number of anilines is 2. The highest BCUT2D eigenvalue weighted by Crippen LogP contribution is 2.52. The van der Waals surface area contributed by atoms with Gasteiger partial charge in [0.25, 0.3) is 0 Å². The molecule has 0 radical (unpaired) electrons. The third-order valence-electron chi connectivity index (χ3n) is 4.86. The van der Waals surface area contributed by atoms with Gasteiger partial charge in [0.1, 0.15) is 0 Å². The number of benzene rings is 2. The molecular weight excluding hydrogens is 230 g/mol. The van der Waals surface area contributed by atoms with Crippen molar-refractivity contribution in [2.45, 2.75) is 37.5 Å². The summed E-state index contributed by atoms with van der Waals surface area (Å²) in [5, 5.41) is 3.61. The highest BCUT2D eigenvalue weighted by atomic mass is 14.9. The van der Waals surface area contributed by atoms with Crippen molar-refractivity contribution in [2.75, 3.05) is 5.32 Å². The molecule has 1 nitrogen and oxygen atoms in total. The number of fused-ring (bicyclic) bond motifs is 4. The normalized spacial score (nSPS) is 19.4. The highest BCUT2D eigenvalue weighted by molar-refractivity contribution is 5.75. The summed E-state index contributed by atoms with van der Waals surface area (Å²) in [7, 11) is 0. The van der Waals surface area contributed by atoms with E-state index in [0.29, 0.717) is 0 Å². The molecule has 1 aliphatic carbocycles. The Morgan fingerprint density at radius 1 is 0.684 bits per heavy atom. The second-order valence-electron chi connectivity index (χ2n) is 5.86. The van der Waals surface area contributed by atoms with E-state index >= 15 is 0 Å². The molecule has 0 atom stereocenters. The monoisotopic (exact) mass is 249 g/mol. The molecule has 0 saturated heterocycles. The maximum absolute atomic E-state index is 3.61. The maximum Gasteiger partial charge on any atom is 0.0426 e. The molecule has 2 aromatic rings. The molecule has 1 fully saturated rings. The predicted octanol–water partition coefficient (Wildman–Crippen LogP) is 4.99. The predicted molar refractivity (Wildman–Crippen MR) is 80.0 cm³/mol. The minimum atomic E-state index is 0.261. The molecule has 4 rings (SSSR count). The summed E-state index contributed by atoms with van der Waals surface area (Å²) in [6.07, 6.45) is 6.68. The van der Waals surface area contributed by atoms with Crippen LogP contribution in [0.3, 0.4) is 0 Å². The minimum absolute atomic E-state index is 0.261. The van der Waals surface area contributed by atoms with Gasteiger partial charge in [0.15, 0.2) is 0 Å². The molecule has 1 spiro atoms. The lowest BCUT2D eigenvalue weighted by Crippen LogP contribution is -2.34. The summed E-state index contributed by atoms with van der Waals surface area (Å²) >= 11 is 0. The second-order valence-corrected chi connectivity index (χ2v) is 5.86. The van der Waals surface area contributed by atoms with E-state index in [1.807, 2.05) is 0 Å². The summed E-state index contributed by atoms with van der Waals surface area (Å²) in [5.41, 5.74) is 5.89. The zero-order valence-corrected chi connectivity index (χ0v) is 11.2. The molecule has 1 N–H and O–H groups in total. The van der Waals surface area contributed by atoms with Crippen molar-refractivity contribution < 1.29 is 0 Å². The Hall–Kier alpha value is -1.76. The van der Waals surface area contributed by atoms with Crippen LogP contribution in [-0.2, 0) is 5.41 Å². The summed E-state index contributed by atoms with van der Waals surface area (Å²) in [6, 6.07) is 17.7. The summed E-state index contributed by atoms with van der Waals surface area (Å²) in [6.45, 7) is 0. The Bertz CT molecular complexity index is 561. The fourth-order valence-corrected chi connectivity index (χ4v) is 4.00. The van der Waals surface area contributed by atoms with Gasteiger partial charge in [-0.3, -0.25) is 0 Å².